The highest BCUT2D eigenvalue weighted by molar-refractivity contribution is 6.00. The van der Waals surface area contributed by atoms with Crippen LogP contribution in [0.3, 0.4) is 0 Å². The van der Waals surface area contributed by atoms with Crippen molar-refractivity contribution >= 4 is 17.6 Å². The van der Waals surface area contributed by atoms with Crippen molar-refractivity contribution in [3.05, 3.63) is 29.8 Å². The lowest BCUT2D eigenvalue weighted by molar-refractivity contribution is 0.0635. The number of ether oxygens (including phenoxy) is 1. The number of amides is 1. The predicted molar refractivity (Wildman–Crippen MR) is 73.4 cm³/mol. The Kier molecular flexibility index (Phi) is 3.60. The van der Waals surface area contributed by atoms with Crippen LogP contribution in [0.25, 0.3) is 0 Å². The third kappa shape index (κ3) is 4.09. The number of carbonyl (C=O) groups excluding carboxylic acids is 2. The molecule has 0 bridgehead atoms. The van der Waals surface area contributed by atoms with Crippen LogP contribution >= 0.6 is 0 Å². The van der Waals surface area contributed by atoms with Gasteiger partial charge in [-0.1, -0.05) is 12.1 Å². The van der Waals surface area contributed by atoms with E-state index in [4.69, 9.17) is 4.74 Å². The molecule has 2 rings (SSSR count). The van der Waals surface area contributed by atoms with Gasteiger partial charge < -0.3 is 4.74 Å². The predicted octanol–water partition coefficient (Wildman–Crippen LogP) is 3.63. The maximum absolute atomic E-state index is 11.9. The van der Waals surface area contributed by atoms with Crippen molar-refractivity contribution in [2.45, 2.75) is 39.2 Å². The Balaban J connectivity index is 2.02. The number of rotatable bonds is 3. The molecule has 1 saturated carbocycles. The molecule has 1 aliphatic rings. The van der Waals surface area contributed by atoms with Gasteiger partial charge in [0.1, 0.15) is 5.60 Å². The van der Waals surface area contributed by atoms with Gasteiger partial charge in [0.2, 0.25) is 0 Å². The van der Waals surface area contributed by atoms with Crippen LogP contribution in [-0.4, -0.2) is 17.5 Å². The van der Waals surface area contributed by atoms with Crippen LogP contribution in [0, 0.1) is 5.92 Å². The second kappa shape index (κ2) is 5.03. The Labute approximate surface area is 113 Å². The topological polar surface area (TPSA) is 55.4 Å². The van der Waals surface area contributed by atoms with Crippen molar-refractivity contribution in [1.82, 2.24) is 0 Å². The van der Waals surface area contributed by atoms with Gasteiger partial charge in [-0.05, 0) is 45.7 Å². The first-order valence-electron chi connectivity index (χ1n) is 6.49. The van der Waals surface area contributed by atoms with E-state index < -0.39 is 11.7 Å². The minimum absolute atomic E-state index is 0.160. The summed E-state index contributed by atoms with van der Waals surface area (Å²) in [5.41, 5.74) is 0.697. The zero-order chi connectivity index (χ0) is 14.0. The van der Waals surface area contributed by atoms with Gasteiger partial charge in [0.25, 0.3) is 0 Å². The summed E-state index contributed by atoms with van der Waals surface area (Å²) in [4.78, 5) is 23.6. The Bertz CT molecular complexity index is 498. The molecule has 0 atom stereocenters. The van der Waals surface area contributed by atoms with Crippen LogP contribution in [0.15, 0.2) is 24.3 Å². The molecule has 4 heteroatoms. The normalized spacial score (nSPS) is 14.9. The van der Waals surface area contributed by atoms with E-state index in [2.05, 4.69) is 5.32 Å². The number of ketones is 1. The largest absolute Gasteiger partial charge is 0.444 e. The summed E-state index contributed by atoms with van der Waals surface area (Å²) in [6.45, 7) is 5.42. The molecule has 0 saturated heterocycles. The van der Waals surface area contributed by atoms with Crippen molar-refractivity contribution in [2.75, 3.05) is 5.32 Å². The molecule has 1 fully saturated rings. The highest BCUT2D eigenvalue weighted by Gasteiger charge is 2.30. The number of Topliss-reactive ketones (excluding diaryl/α,β-unsaturated/α-hetero) is 1. The third-order valence-electron chi connectivity index (χ3n) is 2.74. The summed E-state index contributed by atoms with van der Waals surface area (Å²) < 4.78 is 5.17. The highest BCUT2D eigenvalue weighted by atomic mass is 16.6. The maximum atomic E-state index is 11.9. The molecule has 102 valence electrons. The summed E-state index contributed by atoms with van der Waals surface area (Å²) in [5, 5.41) is 2.64. The van der Waals surface area contributed by atoms with Crippen molar-refractivity contribution in [3.8, 4) is 0 Å². The summed E-state index contributed by atoms with van der Waals surface area (Å²) in [7, 11) is 0. The maximum Gasteiger partial charge on any atom is 0.412 e. The van der Waals surface area contributed by atoms with Crippen LogP contribution in [0.1, 0.15) is 44.0 Å². The van der Waals surface area contributed by atoms with E-state index in [9.17, 15) is 9.59 Å². The van der Waals surface area contributed by atoms with Gasteiger partial charge in [-0.3, -0.25) is 10.1 Å². The molecule has 1 amide bonds. The number of carbonyl (C=O) groups is 2. The lowest BCUT2D eigenvalue weighted by Gasteiger charge is -2.19. The molecular weight excluding hydrogens is 242 g/mol. The van der Waals surface area contributed by atoms with E-state index in [1.807, 2.05) is 0 Å². The second-order valence-corrected chi connectivity index (χ2v) is 5.85. The molecule has 0 radical (unpaired) electrons. The van der Waals surface area contributed by atoms with Crippen molar-refractivity contribution in [1.29, 1.82) is 0 Å². The van der Waals surface area contributed by atoms with E-state index in [0.717, 1.165) is 12.8 Å². The van der Waals surface area contributed by atoms with Crippen molar-refractivity contribution < 1.29 is 14.3 Å². The average Bonchev–Trinajstić information content (AvgIpc) is 3.09. The summed E-state index contributed by atoms with van der Waals surface area (Å²) in [6.07, 6.45) is 1.44. The molecule has 0 unspecified atom stereocenters. The fourth-order valence-electron chi connectivity index (χ4n) is 1.75. The lowest BCUT2D eigenvalue weighted by atomic mass is 10.1. The SMILES string of the molecule is CC(C)(C)OC(=O)Nc1cccc(C(=O)C2CC2)c1. The van der Waals surface area contributed by atoms with E-state index >= 15 is 0 Å². The first-order valence-corrected chi connectivity index (χ1v) is 6.49. The number of benzene rings is 1. The van der Waals surface area contributed by atoms with Gasteiger partial charge in [0.05, 0.1) is 0 Å². The van der Waals surface area contributed by atoms with Crippen LogP contribution in [0.2, 0.25) is 0 Å². The minimum atomic E-state index is -0.536. The second-order valence-electron chi connectivity index (χ2n) is 5.85. The average molecular weight is 261 g/mol. The summed E-state index contributed by atoms with van der Waals surface area (Å²) in [5.74, 6) is 0.338. The minimum Gasteiger partial charge on any atom is -0.444 e. The number of hydrogen-bond donors (Lipinski definition) is 1. The van der Waals surface area contributed by atoms with Gasteiger partial charge in [-0.15, -0.1) is 0 Å². The smallest absolute Gasteiger partial charge is 0.412 e. The molecule has 0 heterocycles. The van der Waals surface area contributed by atoms with Crippen LogP contribution in [-0.2, 0) is 4.74 Å². The van der Waals surface area contributed by atoms with E-state index in [0.29, 0.717) is 11.3 Å². The molecule has 1 aliphatic carbocycles. The fraction of sp³-hybridized carbons (Fsp3) is 0.467. The summed E-state index contributed by atoms with van der Waals surface area (Å²) >= 11 is 0. The monoisotopic (exact) mass is 261 g/mol. The van der Waals surface area contributed by atoms with Crippen LogP contribution < -0.4 is 5.32 Å². The highest BCUT2D eigenvalue weighted by Crippen LogP contribution is 2.33. The van der Waals surface area contributed by atoms with Gasteiger partial charge in [-0.25, -0.2) is 4.79 Å². The molecular formula is C15H19NO3. The Morgan fingerprint density at radius 1 is 1.26 bits per heavy atom. The molecule has 4 nitrogen and oxygen atoms in total. The lowest BCUT2D eigenvalue weighted by Crippen LogP contribution is -2.27. The molecule has 0 aromatic heterocycles. The van der Waals surface area contributed by atoms with E-state index in [-0.39, 0.29) is 11.7 Å². The number of nitrogens with one attached hydrogen (secondary N) is 1. The third-order valence-corrected chi connectivity index (χ3v) is 2.74. The molecule has 1 aromatic rings. The Morgan fingerprint density at radius 3 is 2.53 bits per heavy atom. The van der Waals surface area contributed by atoms with Crippen LogP contribution in [0.5, 0.6) is 0 Å². The molecule has 0 spiro atoms. The van der Waals surface area contributed by atoms with Crippen molar-refractivity contribution in [2.24, 2.45) is 5.92 Å². The quantitative estimate of drug-likeness (QED) is 0.845. The Hall–Kier alpha value is -1.84. The zero-order valence-electron chi connectivity index (χ0n) is 11.5. The van der Waals surface area contributed by atoms with E-state index in [1.165, 1.54) is 0 Å². The van der Waals surface area contributed by atoms with Gasteiger partial charge in [-0.2, -0.15) is 0 Å². The molecule has 1 N–H and O–H groups in total. The van der Waals surface area contributed by atoms with Gasteiger partial charge in [0, 0.05) is 17.2 Å². The van der Waals surface area contributed by atoms with E-state index in [1.54, 1.807) is 45.0 Å². The number of anilines is 1. The Morgan fingerprint density at radius 2 is 1.95 bits per heavy atom. The van der Waals surface area contributed by atoms with Gasteiger partial charge >= 0.3 is 6.09 Å². The molecule has 0 aliphatic heterocycles. The van der Waals surface area contributed by atoms with Crippen LogP contribution in [0.4, 0.5) is 10.5 Å². The fourth-order valence-corrected chi connectivity index (χ4v) is 1.75. The number of hydrogen-bond acceptors (Lipinski definition) is 3. The first-order chi connectivity index (χ1) is 8.85. The summed E-state index contributed by atoms with van der Waals surface area (Å²) in [6, 6.07) is 6.99. The van der Waals surface area contributed by atoms with Crippen molar-refractivity contribution in [3.63, 3.8) is 0 Å². The van der Waals surface area contributed by atoms with Gasteiger partial charge in [0.15, 0.2) is 5.78 Å². The standard InChI is InChI=1S/C15H19NO3/c1-15(2,3)19-14(18)16-12-6-4-5-11(9-12)13(17)10-7-8-10/h4-6,9-10H,7-8H2,1-3H3,(H,16,18). The molecule has 1 aromatic carbocycles. The first kappa shape index (κ1) is 13.6. The zero-order valence-corrected chi connectivity index (χ0v) is 11.5. The molecule has 19 heavy (non-hydrogen) atoms.